The van der Waals surface area contributed by atoms with Crippen molar-refractivity contribution in [3.8, 4) is 5.75 Å². The normalized spacial score (nSPS) is 12.5. The average molecular weight is 269 g/mol. The lowest BCUT2D eigenvalue weighted by Gasteiger charge is -2.23. The molecule has 19 heavy (non-hydrogen) atoms. The molecule has 1 rings (SSSR count). The molecule has 0 aliphatic carbocycles. The predicted octanol–water partition coefficient (Wildman–Crippen LogP) is 2.13. The molecule has 1 aromatic carbocycles. The van der Waals surface area contributed by atoms with E-state index in [1.165, 1.54) is 0 Å². The van der Waals surface area contributed by atoms with E-state index < -0.39 is 0 Å². The minimum atomic E-state index is -0.293. The predicted molar refractivity (Wildman–Crippen MR) is 74.7 cm³/mol. The van der Waals surface area contributed by atoms with Crippen LogP contribution in [0.2, 0.25) is 0 Å². The van der Waals surface area contributed by atoms with Crippen molar-refractivity contribution in [1.82, 2.24) is 0 Å². The van der Waals surface area contributed by atoms with E-state index in [0.717, 1.165) is 11.4 Å². The Labute approximate surface area is 114 Å². The summed E-state index contributed by atoms with van der Waals surface area (Å²) in [6, 6.07) is 7.79. The summed E-state index contributed by atoms with van der Waals surface area (Å²) >= 11 is 0. The lowest BCUT2D eigenvalue weighted by Crippen LogP contribution is -2.33. The third-order valence-corrected chi connectivity index (χ3v) is 2.66. The third kappa shape index (κ3) is 5.46. The van der Waals surface area contributed by atoms with Gasteiger partial charge in [-0.3, -0.25) is 0 Å². The Hall–Kier alpha value is -1.30. The molecular weight excluding hydrogens is 246 g/mol. The molecule has 5 heteroatoms. The molecule has 0 radical (unpaired) electrons. The topological polar surface area (TPSA) is 49.0 Å². The first-order chi connectivity index (χ1) is 9.21. The number of anilines is 1. The first kappa shape index (κ1) is 15.8. The van der Waals surface area contributed by atoms with Gasteiger partial charge in [0.25, 0.3) is 0 Å². The molecular formula is C14H23NO4. The number of hydrogen-bond acceptors (Lipinski definition) is 5. The second-order valence-corrected chi connectivity index (χ2v) is 4.14. The standard InChI is InChI=1S/C14H23NO4/c1-11(14(17-3)18-4)15-12-6-5-7-13(10-12)19-9-8-16-2/h5-7,10-11,14-15H,8-9H2,1-4H3. The zero-order valence-electron chi connectivity index (χ0n) is 12.0. The molecule has 0 spiro atoms. The van der Waals surface area contributed by atoms with Crippen molar-refractivity contribution in [1.29, 1.82) is 0 Å². The molecule has 5 nitrogen and oxygen atoms in total. The molecule has 0 bridgehead atoms. The summed E-state index contributed by atoms with van der Waals surface area (Å²) in [5.41, 5.74) is 0.960. The van der Waals surface area contributed by atoms with Gasteiger partial charge >= 0.3 is 0 Å². The van der Waals surface area contributed by atoms with Gasteiger partial charge in [-0.2, -0.15) is 0 Å². The summed E-state index contributed by atoms with van der Waals surface area (Å²) in [6.45, 7) is 3.11. The van der Waals surface area contributed by atoms with Gasteiger partial charge in [0.05, 0.1) is 12.6 Å². The van der Waals surface area contributed by atoms with E-state index in [1.807, 2.05) is 31.2 Å². The second-order valence-electron chi connectivity index (χ2n) is 4.14. The van der Waals surface area contributed by atoms with Gasteiger partial charge in [0.2, 0.25) is 0 Å². The number of methoxy groups -OCH3 is 3. The van der Waals surface area contributed by atoms with Gasteiger partial charge in [0, 0.05) is 33.1 Å². The van der Waals surface area contributed by atoms with Gasteiger partial charge in [-0.1, -0.05) is 6.07 Å². The van der Waals surface area contributed by atoms with Crippen LogP contribution in [0.4, 0.5) is 5.69 Å². The van der Waals surface area contributed by atoms with E-state index in [4.69, 9.17) is 18.9 Å². The Kier molecular flexibility index (Phi) is 7.25. The monoisotopic (exact) mass is 269 g/mol. The van der Waals surface area contributed by atoms with Crippen LogP contribution in [0.25, 0.3) is 0 Å². The SMILES string of the molecule is COCCOc1cccc(NC(C)C(OC)OC)c1. The second kappa shape index (κ2) is 8.74. The average Bonchev–Trinajstić information content (AvgIpc) is 2.41. The number of rotatable bonds is 9. The van der Waals surface area contributed by atoms with Crippen molar-refractivity contribution in [2.75, 3.05) is 39.9 Å². The number of ether oxygens (including phenoxy) is 4. The minimum absolute atomic E-state index is 0.0317. The highest BCUT2D eigenvalue weighted by atomic mass is 16.7. The van der Waals surface area contributed by atoms with Crippen LogP contribution in [0.3, 0.4) is 0 Å². The molecule has 0 saturated carbocycles. The number of hydrogen-bond donors (Lipinski definition) is 1. The molecule has 1 atom stereocenters. The molecule has 0 aliphatic rings. The lowest BCUT2D eigenvalue weighted by molar-refractivity contribution is -0.109. The molecule has 1 aromatic rings. The van der Waals surface area contributed by atoms with E-state index in [1.54, 1.807) is 21.3 Å². The maximum absolute atomic E-state index is 5.55. The molecule has 0 amide bonds. The fourth-order valence-corrected chi connectivity index (χ4v) is 1.75. The van der Waals surface area contributed by atoms with Gasteiger partial charge in [-0.05, 0) is 19.1 Å². The highest BCUT2D eigenvalue weighted by Gasteiger charge is 2.15. The van der Waals surface area contributed by atoms with Crippen LogP contribution in [0.1, 0.15) is 6.92 Å². The molecule has 0 aliphatic heterocycles. The van der Waals surface area contributed by atoms with Gasteiger partial charge < -0.3 is 24.3 Å². The zero-order valence-corrected chi connectivity index (χ0v) is 12.0. The van der Waals surface area contributed by atoms with E-state index in [2.05, 4.69) is 5.32 Å². The maximum Gasteiger partial charge on any atom is 0.176 e. The van der Waals surface area contributed by atoms with Crippen LogP contribution in [0.5, 0.6) is 5.75 Å². The van der Waals surface area contributed by atoms with Gasteiger partial charge in [-0.15, -0.1) is 0 Å². The molecule has 0 fully saturated rings. The summed E-state index contributed by atoms with van der Waals surface area (Å²) in [4.78, 5) is 0. The van der Waals surface area contributed by atoms with Crippen LogP contribution in [0, 0.1) is 0 Å². The Bertz CT molecular complexity index is 355. The van der Waals surface area contributed by atoms with E-state index in [-0.39, 0.29) is 12.3 Å². The highest BCUT2D eigenvalue weighted by molar-refractivity contribution is 5.48. The maximum atomic E-state index is 5.55. The highest BCUT2D eigenvalue weighted by Crippen LogP contribution is 2.19. The Balaban J connectivity index is 2.56. The Morgan fingerprint density at radius 1 is 1.11 bits per heavy atom. The van der Waals surface area contributed by atoms with Crippen molar-refractivity contribution in [2.24, 2.45) is 0 Å². The van der Waals surface area contributed by atoms with Crippen molar-refractivity contribution in [3.63, 3.8) is 0 Å². The zero-order chi connectivity index (χ0) is 14.1. The Morgan fingerprint density at radius 3 is 2.47 bits per heavy atom. The summed E-state index contributed by atoms with van der Waals surface area (Å²) in [7, 11) is 4.89. The Morgan fingerprint density at radius 2 is 1.84 bits per heavy atom. The number of benzene rings is 1. The molecule has 0 aromatic heterocycles. The minimum Gasteiger partial charge on any atom is -0.491 e. The van der Waals surface area contributed by atoms with E-state index >= 15 is 0 Å². The molecule has 0 heterocycles. The fraction of sp³-hybridized carbons (Fsp3) is 0.571. The van der Waals surface area contributed by atoms with Crippen LogP contribution in [-0.4, -0.2) is 46.9 Å². The first-order valence-electron chi connectivity index (χ1n) is 6.25. The van der Waals surface area contributed by atoms with Gasteiger partial charge in [0.1, 0.15) is 12.4 Å². The largest absolute Gasteiger partial charge is 0.491 e. The van der Waals surface area contributed by atoms with Gasteiger partial charge in [0.15, 0.2) is 6.29 Å². The fourth-order valence-electron chi connectivity index (χ4n) is 1.75. The van der Waals surface area contributed by atoms with Crippen molar-refractivity contribution in [3.05, 3.63) is 24.3 Å². The summed E-state index contributed by atoms with van der Waals surface area (Å²) in [6.07, 6.45) is -0.293. The lowest BCUT2D eigenvalue weighted by atomic mass is 10.2. The molecule has 1 unspecified atom stereocenters. The van der Waals surface area contributed by atoms with E-state index in [0.29, 0.717) is 13.2 Å². The summed E-state index contributed by atoms with van der Waals surface area (Å²) in [5.74, 6) is 0.806. The van der Waals surface area contributed by atoms with Crippen molar-refractivity contribution >= 4 is 5.69 Å². The van der Waals surface area contributed by atoms with Crippen molar-refractivity contribution in [2.45, 2.75) is 19.3 Å². The number of nitrogens with one attached hydrogen (secondary N) is 1. The summed E-state index contributed by atoms with van der Waals surface area (Å²) in [5, 5.41) is 3.31. The molecule has 108 valence electrons. The van der Waals surface area contributed by atoms with Crippen LogP contribution < -0.4 is 10.1 Å². The van der Waals surface area contributed by atoms with E-state index in [9.17, 15) is 0 Å². The van der Waals surface area contributed by atoms with Crippen LogP contribution in [-0.2, 0) is 14.2 Å². The third-order valence-electron chi connectivity index (χ3n) is 2.66. The summed E-state index contributed by atoms with van der Waals surface area (Å²) < 4.78 is 20.9. The molecule has 0 saturated heterocycles. The quantitative estimate of drug-likeness (QED) is 0.550. The molecule has 1 N–H and O–H groups in total. The van der Waals surface area contributed by atoms with Crippen molar-refractivity contribution < 1.29 is 18.9 Å². The first-order valence-corrected chi connectivity index (χ1v) is 6.25. The van der Waals surface area contributed by atoms with Crippen LogP contribution in [0.15, 0.2) is 24.3 Å². The van der Waals surface area contributed by atoms with Crippen LogP contribution >= 0.6 is 0 Å². The van der Waals surface area contributed by atoms with Gasteiger partial charge in [-0.25, -0.2) is 0 Å². The smallest absolute Gasteiger partial charge is 0.176 e.